The molecule has 9 heteroatoms. The maximum atomic E-state index is 8.93. The molecule has 0 bridgehead atoms. The van der Waals surface area contributed by atoms with Crippen LogP contribution in [0.1, 0.15) is 5.56 Å². The van der Waals surface area contributed by atoms with Gasteiger partial charge < -0.3 is 15.4 Å². The first-order chi connectivity index (χ1) is 14.5. The van der Waals surface area contributed by atoms with E-state index in [2.05, 4.69) is 63.5 Å². The summed E-state index contributed by atoms with van der Waals surface area (Å²) in [6, 6.07) is 19.0. The summed E-state index contributed by atoms with van der Waals surface area (Å²) in [5.74, 6) is 1.28. The molecule has 148 valence electrons. The number of nitriles is 1. The van der Waals surface area contributed by atoms with Crippen molar-refractivity contribution in [2.45, 2.75) is 0 Å². The van der Waals surface area contributed by atoms with Crippen LogP contribution in [-0.2, 0) is 0 Å². The summed E-state index contributed by atoms with van der Waals surface area (Å²) >= 11 is 7.08. The van der Waals surface area contributed by atoms with E-state index in [-0.39, 0.29) is 6.01 Å². The van der Waals surface area contributed by atoms with E-state index in [9.17, 15) is 0 Å². The van der Waals surface area contributed by atoms with Crippen molar-refractivity contribution in [3.63, 3.8) is 0 Å². The van der Waals surface area contributed by atoms with Gasteiger partial charge in [-0.25, -0.2) is 0 Å². The Labute approximate surface area is 189 Å². The standard InChI is InChI=1S/C21H14Br2N6O/c1-25-19-27-20(26-15-5-2-12(11-24)3-6-15)29-21(28-19)30-16-7-4-13-8-14(22)9-18(23)17(13)10-16/h2-10H,1H3,(H2,25,26,27,28,29). The summed E-state index contributed by atoms with van der Waals surface area (Å²) < 4.78 is 7.85. The Bertz CT molecular complexity index is 1270. The summed E-state index contributed by atoms with van der Waals surface area (Å²) in [5, 5.41) is 17.0. The fraction of sp³-hybridized carbons (Fsp3) is 0.0476. The molecule has 0 unspecified atom stereocenters. The highest BCUT2D eigenvalue weighted by atomic mass is 79.9. The zero-order valence-corrected chi connectivity index (χ0v) is 18.8. The normalized spacial score (nSPS) is 10.5. The molecule has 4 rings (SSSR count). The van der Waals surface area contributed by atoms with Gasteiger partial charge >= 0.3 is 6.01 Å². The molecule has 7 nitrogen and oxygen atoms in total. The third-order valence-electron chi connectivity index (χ3n) is 4.16. The van der Waals surface area contributed by atoms with Gasteiger partial charge in [0.15, 0.2) is 0 Å². The molecule has 1 aromatic heterocycles. The van der Waals surface area contributed by atoms with Crippen molar-refractivity contribution in [1.82, 2.24) is 15.0 Å². The van der Waals surface area contributed by atoms with Crippen LogP contribution in [0, 0.1) is 11.3 Å². The minimum atomic E-state index is 0.151. The summed E-state index contributed by atoms with van der Waals surface area (Å²) in [6.07, 6.45) is 0. The first kappa shape index (κ1) is 20.1. The Hall–Kier alpha value is -3.22. The molecule has 0 saturated heterocycles. The molecule has 0 aliphatic carbocycles. The van der Waals surface area contributed by atoms with Crippen molar-refractivity contribution < 1.29 is 4.74 Å². The number of hydrogen-bond donors (Lipinski definition) is 2. The van der Waals surface area contributed by atoms with Gasteiger partial charge in [0.25, 0.3) is 0 Å². The van der Waals surface area contributed by atoms with E-state index >= 15 is 0 Å². The molecule has 0 fully saturated rings. The number of nitrogens with one attached hydrogen (secondary N) is 2. The lowest BCUT2D eigenvalue weighted by molar-refractivity contribution is 0.442. The zero-order chi connectivity index (χ0) is 21.1. The largest absolute Gasteiger partial charge is 0.424 e. The van der Waals surface area contributed by atoms with Crippen molar-refractivity contribution in [2.24, 2.45) is 0 Å². The van der Waals surface area contributed by atoms with E-state index < -0.39 is 0 Å². The zero-order valence-electron chi connectivity index (χ0n) is 15.6. The Balaban J connectivity index is 1.63. The number of ether oxygens (including phenoxy) is 1. The molecule has 2 N–H and O–H groups in total. The lowest BCUT2D eigenvalue weighted by atomic mass is 10.1. The van der Waals surface area contributed by atoms with Crippen molar-refractivity contribution in [3.8, 4) is 17.8 Å². The molecule has 0 aliphatic heterocycles. The van der Waals surface area contributed by atoms with Gasteiger partial charge in [-0.1, -0.05) is 37.9 Å². The van der Waals surface area contributed by atoms with Crippen LogP contribution in [0.4, 0.5) is 17.6 Å². The number of benzene rings is 3. The Morgan fingerprint density at radius 3 is 2.43 bits per heavy atom. The van der Waals surface area contributed by atoms with Gasteiger partial charge in [0, 0.05) is 21.7 Å². The predicted molar refractivity (Wildman–Crippen MR) is 123 cm³/mol. The van der Waals surface area contributed by atoms with Crippen LogP contribution in [-0.4, -0.2) is 22.0 Å². The molecular formula is C21H14Br2N6O. The first-order valence-electron chi connectivity index (χ1n) is 8.82. The maximum Gasteiger partial charge on any atom is 0.328 e. The molecule has 3 aromatic carbocycles. The Morgan fingerprint density at radius 2 is 1.70 bits per heavy atom. The number of anilines is 3. The summed E-state index contributed by atoms with van der Waals surface area (Å²) in [6.45, 7) is 0. The van der Waals surface area contributed by atoms with Crippen LogP contribution in [0.2, 0.25) is 0 Å². The molecule has 1 heterocycles. The third kappa shape index (κ3) is 4.50. The number of halogens is 2. The smallest absolute Gasteiger partial charge is 0.328 e. The van der Waals surface area contributed by atoms with E-state index in [1.54, 1.807) is 31.3 Å². The number of fused-ring (bicyclic) bond motifs is 1. The monoisotopic (exact) mass is 524 g/mol. The van der Waals surface area contributed by atoms with Crippen molar-refractivity contribution >= 4 is 60.2 Å². The van der Waals surface area contributed by atoms with Crippen LogP contribution in [0.5, 0.6) is 11.8 Å². The molecule has 0 radical (unpaired) electrons. The SMILES string of the molecule is CNc1nc(Nc2ccc(C#N)cc2)nc(Oc2ccc3cc(Br)cc(Br)c3c2)n1. The van der Waals surface area contributed by atoms with Gasteiger partial charge in [-0.2, -0.15) is 20.2 Å². The lowest BCUT2D eigenvalue weighted by Crippen LogP contribution is -2.05. The van der Waals surface area contributed by atoms with Gasteiger partial charge in [0.1, 0.15) is 5.75 Å². The van der Waals surface area contributed by atoms with Crippen LogP contribution in [0.25, 0.3) is 10.8 Å². The average molecular weight is 526 g/mol. The predicted octanol–water partition coefficient (Wildman–Crippen LogP) is 6.00. The summed E-state index contributed by atoms with van der Waals surface area (Å²) in [5.41, 5.74) is 1.32. The molecule has 4 aromatic rings. The molecular weight excluding hydrogens is 512 g/mol. The maximum absolute atomic E-state index is 8.93. The molecule has 0 aliphatic rings. The second-order valence-electron chi connectivity index (χ2n) is 6.20. The Kier molecular flexibility index (Phi) is 5.79. The fourth-order valence-corrected chi connectivity index (χ4v) is 4.13. The van der Waals surface area contributed by atoms with Gasteiger partial charge in [-0.15, -0.1) is 0 Å². The van der Waals surface area contributed by atoms with Gasteiger partial charge in [-0.05, 0) is 59.3 Å². The van der Waals surface area contributed by atoms with E-state index in [0.29, 0.717) is 23.2 Å². The second kappa shape index (κ2) is 8.65. The minimum Gasteiger partial charge on any atom is -0.424 e. The minimum absolute atomic E-state index is 0.151. The third-order valence-corrected chi connectivity index (χ3v) is 5.27. The van der Waals surface area contributed by atoms with Crippen LogP contribution < -0.4 is 15.4 Å². The van der Waals surface area contributed by atoms with Gasteiger partial charge in [0.05, 0.1) is 11.6 Å². The van der Waals surface area contributed by atoms with Crippen LogP contribution in [0.15, 0.2) is 63.5 Å². The molecule has 0 saturated carbocycles. The van der Waals surface area contributed by atoms with Crippen molar-refractivity contribution in [2.75, 3.05) is 17.7 Å². The molecule has 0 spiro atoms. The number of hydrogen-bond acceptors (Lipinski definition) is 7. The van der Waals surface area contributed by atoms with E-state index in [4.69, 9.17) is 10.00 Å². The van der Waals surface area contributed by atoms with Crippen molar-refractivity contribution in [3.05, 3.63) is 69.1 Å². The highest BCUT2D eigenvalue weighted by Crippen LogP contribution is 2.32. The Morgan fingerprint density at radius 1 is 0.933 bits per heavy atom. The molecule has 0 atom stereocenters. The number of nitrogens with zero attached hydrogens (tertiary/aromatic N) is 4. The number of aromatic nitrogens is 3. The quantitative estimate of drug-likeness (QED) is 0.330. The molecule has 0 amide bonds. The first-order valence-corrected chi connectivity index (χ1v) is 10.4. The van der Waals surface area contributed by atoms with Crippen LogP contribution in [0.3, 0.4) is 0 Å². The topological polar surface area (TPSA) is 95.8 Å². The average Bonchev–Trinajstić information content (AvgIpc) is 2.74. The number of rotatable bonds is 5. The van der Waals surface area contributed by atoms with Crippen molar-refractivity contribution in [1.29, 1.82) is 5.26 Å². The van der Waals surface area contributed by atoms with E-state index in [1.165, 1.54) is 0 Å². The van der Waals surface area contributed by atoms with Crippen LogP contribution >= 0.6 is 31.9 Å². The highest BCUT2D eigenvalue weighted by Gasteiger charge is 2.10. The van der Waals surface area contributed by atoms with Gasteiger partial charge in [-0.3, -0.25) is 0 Å². The fourth-order valence-electron chi connectivity index (χ4n) is 2.75. The second-order valence-corrected chi connectivity index (χ2v) is 7.97. The summed E-state index contributed by atoms with van der Waals surface area (Å²) in [7, 11) is 1.72. The van der Waals surface area contributed by atoms with Gasteiger partial charge in [0.2, 0.25) is 11.9 Å². The lowest BCUT2D eigenvalue weighted by Gasteiger charge is -2.10. The van der Waals surface area contributed by atoms with E-state index in [0.717, 1.165) is 25.4 Å². The highest BCUT2D eigenvalue weighted by molar-refractivity contribution is 9.11. The molecule has 30 heavy (non-hydrogen) atoms. The summed E-state index contributed by atoms with van der Waals surface area (Å²) in [4.78, 5) is 12.9. The van der Waals surface area contributed by atoms with E-state index in [1.807, 2.05) is 30.3 Å².